The molecule has 0 aliphatic heterocycles. The summed E-state index contributed by atoms with van der Waals surface area (Å²) in [5, 5.41) is 5.93. The number of rotatable bonds is 4. The lowest BCUT2D eigenvalue weighted by atomic mass is 10.1. The molecule has 1 rings (SSSR count). The van der Waals surface area contributed by atoms with Crippen LogP contribution in [0.5, 0.6) is 0 Å². The molecule has 5 nitrogen and oxygen atoms in total. The van der Waals surface area contributed by atoms with Crippen LogP contribution < -0.4 is 10.6 Å². The third kappa shape index (κ3) is 5.01. The first-order valence-corrected chi connectivity index (χ1v) is 6.47. The van der Waals surface area contributed by atoms with Gasteiger partial charge in [-0.1, -0.05) is 0 Å². The highest BCUT2D eigenvalue weighted by molar-refractivity contribution is 5.95. The van der Waals surface area contributed by atoms with Gasteiger partial charge in [-0.3, -0.25) is 4.79 Å². The van der Waals surface area contributed by atoms with Crippen molar-refractivity contribution in [2.45, 2.75) is 33.2 Å². The lowest BCUT2D eigenvalue weighted by molar-refractivity contribution is -0.115. The van der Waals surface area contributed by atoms with Crippen LogP contribution in [-0.2, 0) is 9.53 Å². The molecule has 0 aliphatic carbocycles. The van der Waals surface area contributed by atoms with Gasteiger partial charge in [-0.25, -0.2) is 4.79 Å². The van der Waals surface area contributed by atoms with Crippen LogP contribution in [0.3, 0.4) is 0 Å². The highest BCUT2D eigenvalue weighted by Crippen LogP contribution is 2.17. The van der Waals surface area contributed by atoms with Gasteiger partial charge in [-0.05, 0) is 51.5 Å². The molecule has 5 heteroatoms. The molecule has 0 saturated carbocycles. The summed E-state index contributed by atoms with van der Waals surface area (Å²) in [4.78, 5) is 23.2. The second-order valence-electron chi connectivity index (χ2n) is 5.67. The molecule has 0 heterocycles. The van der Waals surface area contributed by atoms with Gasteiger partial charge < -0.3 is 15.4 Å². The molecule has 20 heavy (non-hydrogen) atoms. The van der Waals surface area contributed by atoms with E-state index in [-0.39, 0.29) is 24.0 Å². The fraction of sp³-hybridized carbons (Fsp3) is 0.467. The van der Waals surface area contributed by atoms with Crippen molar-refractivity contribution in [3.05, 3.63) is 29.3 Å². The zero-order valence-corrected chi connectivity index (χ0v) is 12.7. The number of aryl methyl sites for hydroxylation is 1. The third-order valence-electron chi connectivity index (χ3n) is 2.70. The molecule has 0 unspecified atom stereocenters. The van der Waals surface area contributed by atoms with E-state index in [0.717, 1.165) is 5.56 Å². The molecule has 1 aromatic carbocycles. The highest BCUT2D eigenvalue weighted by Gasteiger charge is 2.13. The average Bonchev–Trinajstić information content (AvgIpc) is 2.37. The Balaban J connectivity index is 2.69. The predicted molar refractivity (Wildman–Crippen MR) is 78.9 cm³/mol. The van der Waals surface area contributed by atoms with Crippen LogP contribution in [0.25, 0.3) is 0 Å². The molecule has 1 aromatic rings. The van der Waals surface area contributed by atoms with Gasteiger partial charge in [0.25, 0.3) is 0 Å². The second-order valence-corrected chi connectivity index (χ2v) is 5.67. The number of esters is 1. The van der Waals surface area contributed by atoms with Gasteiger partial charge in [0.15, 0.2) is 0 Å². The Hall–Kier alpha value is -1.88. The van der Waals surface area contributed by atoms with E-state index in [0.29, 0.717) is 11.3 Å². The minimum atomic E-state index is -0.389. The van der Waals surface area contributed by atoms with Crippen molar-refractivity contribution in [2.24, 2.45) is 0 Å². The van der Waals surface area contributed by atoms with Crippen LogP contribution in [0.15, 0.2) is 18.2 Å². The Bertz CT molecular complexity index is 504. The normalized spacial score (nSPS) is 11.1. The highest BCUT2D eigenvalue weighted by atomic mass is 16.5. The predicted octanol–water partition coefficient (Wildman–Crippen LogP) is 2.11. The molecule has 0 bridgehead atoms. The molecule has 2 N–H and O–H groups in total. The zero-order valence-electron chi connectivity index (χ0n) is 12.7. The van der Waals surface area contributed by atoms with E-state index in [9.17, 15) is 9.59 Å². The van der Waals surface area contributed by atoms with Crippen LogP contribution in [-0.4, -0.2) is 31.1 Å². The summed E-state index contributed by atoms with van der Waals surface area (Å²) in [5.41, 5.74) is 1.87. The molecule has 0 fully saturated rings. The molecule has 1 amide bonds. The summed E-state index contributed by atoms with van der Waals surface area (Å²) in [6.07, 6.45) is 0. The van der Waals surface area contributed by atoms with Gasteiger partial charge >= 0.3 is 5.97 Å². The van der Waals surface area contributed by atoms with Crippen molar-refractivity contribution in [3.63, 3.8) is 0 Å². The van der Waals surface area contributed by atoms with Crippen LogP contribution in [0.1, 0.15) is 36.7 Å². The fourth-order valence-corrected chi connectivity index (χ4v) is 1.59. The maximum absolute atomic E-state index is 11.8. The summed E-state index contributed by atoms with van der Waals surface area (Å²) in [5.74, 6) is -0.505. The molecule has 0 saturated heterocycles. The molecule has 0 aromatic heterocycles. The van der Waals surface area contributed by atoms with Gasteiger partial charge in [-0.2, -0.15) is 0 Å². The second kappa shape index (κ2) is 6.52. The van der Waals surface area contributed by atoms with Gasteiger partial charge in [0.05, 0.1) is 19.2 Å². The van der Waals surface area contributed by atoms with Gasteiger partial charge in [0, 0.05) is 11.2 Å². The minimum Gasteiger partial charge on any atom is -0.465 e. The Morgan fingerprint density at radius 1 is 1.25 bits per heavy atom. The number of nitrogens with one attached hydrogen (secondary N) is 2. The van der Waals surface area contributed by atoms with E-state index in [1.807, 2.05) is 27.7 Å². The van der Waals surface area contributed by atoms with Crippen molar-refractivity contribution < 1.29 is 14.3 Å². The van der Waals surface area contributed by atoms with Gasteiger partial charge in [0.1, 0.15) is 0 Å². The Morgan fingerprint density at radius 2 is 1.90 bits per heavy atom. The number of carbonyl (C=O) groups excluding carboxylic acids is 2. The maximum Gasteiger partial charge on any atom is 0.337 e. The van der Waals surface area contributed by atoms with E-state index in [1.54, 1.807) is 18.2 Å². The summed E-state index contributed by atoms with van der Waals surface area (Å²) >= 11 is 0. The smallest absolute Gasteiger partial charge is 0.337 e. The number of amides is 1. The van der Waals surface area contributed by atoms with Crippen LogP contribution in [0, 0.1) is 6.92 Å². The van der Waals surface area contributed by atoms with E-state index in [2.05, 4.69) is 15.4 Å². The van der Waals surface area contributed by atoms with Crippen molar-refractivity contribution >= 4 is 17.6 Å². The monoisotopic (exact) mass is 278 g/mol. The van der Waals surface area contributed by atoms with Crippen LogP contribution in [0.4, 0.5) is 5.69 Å². The summed E-state index contributed by atoms with van der Waals surface area (Å²) < 4.78 is 4.65. The molecule has 0 radical (unpaired) electrons. The van der Waals surface area contributed by atoms with E-state index in [1.165, 1.54) is 7.11 Å². The van der Waals surface area contributed by atoms with E-state index >= 15 is 0 Å². The standard InChI is InChI=1S/C15H22N2O3/c1-10-8-11(14(19)20-5)6-7-12(10)17-13(18)9-16-15(2,3)4/h6-8,16H,9H2,1-5H3,(H,17,18). The third-order valence-corrected chi connectivity index (χ3v) is 2.70. The lowest BCUT2D eigenvalue weighted by Crippen LogP contribution is -2.41. The summed E-state index contributed by atoms with van der Waals surface area (Å²) in [6, 6.07) is 5.03. The Kier molecular flexibility index (Phi) is 5.27. The van der Waals surface area contributed by atoms with E-state index < -0.39 is 0 Å². The number of methoxy groups -OCH3 is 1. The first-order chi connectivity index (χ1) is 9.23. The molecular formula is C15H22N2O3. The fourth-order valence-electron chi connectivity index (χ4n) is 1.59. The zero-order chi connectivity index (χ0) is 15.3. The summed E-state index contributed by atoms with van der Waals surface area (Å²) in [7, 11) is 1.34. The molecule has 0 spiro atoms. The molecule has 110 valence electrons. The lowest BCUT2D eigenvalue weighted by Gasteiger charge is -2.20. The number of anilines is 1. The SMILES string of the molecule is COC(=O)c1ccc(NC(=O)CNC(C)(C)C)c(C)c1. The van der Waals surface area contributed by atoms with Crippen LogP contribution >= 0.6 is 0 Å². The number of hydrogen-bond donors (Lipinski definition) is 2. The number of hydrogen-bond acceptors (Lipinski definition) is 4. The van der Waals surface area contributed by atoms with Crippen molar-refractivity contribution in [1.82, 2.24) is 5.32 Å². The van der Waals surface area contributed by atoms with E-state index in [4.69, 9.17) is 0 Å². The molecule has 0 atom stereocenters. The van der Waals surface area contributed by atoms with Crippen molar-refractivity contribution in [3.8, 4) is 0 Å². The summed E-state index contributed by atoms with van der Waals surface area (Å²) in [6.45, 7) is 8.06. The van der Waals surface area contributed by atoms with Gasteiger partial charge in [-0.15, -0.1) is 0 Å². The number of carbonyl (C=O) groups is 2. The maximum atomic E-state index is 11.8. The van der Waals surface area contributed by atoms with Crippen LogP contribution in [0.2, 0.25) is 0 Å². The largest absolute Gasteiger partial charge is 0.465 e. The Labute approximate surface area is 119 Å². The topological polar surface area (TPSA) is 67.4 Å². The van der Waals surface area contributed by atoms with Crippen molar-refractivity contribution in [2.75, 3.05) is 19.0 Å². The van der Waals surface area contributed by atoms with Crippen molar-refractivity contribution in [1.29, 1.82) is 0 Å². The first-order valence-electron chi connectivity index (χ1n) is 6.47. The Morgan fingerprint density at radius 3 is 2.40 bits per heavy atom. The quantitative estimate of drug-likeness (QED) is 0.828. The minimum absolute atomic E-state index is 0.110. The molecule has 0 aliphatic rings. The van der Waals surface area contributed by atoms with Gasteiger partial charge in [0.2, 0.25) is 5.91 Å². The number of benzene rings is 1. The number of ether oxygens (including phenoxy) is 1. The average molecular weight is 278 g/mol. The first kappa shape index (κ1) is 16.2. The molecular weight excluding hydrogens is 256 g/mol.